The molecule has 0 saturated carbocycles. The highest BCUT2D eigenvalue weighted by molar-refractivity contribution is 5.93. The summed E-state index contributed by atoms with van der Waals surface area (Å²) in [5.74, 6) is -1.06. The van der Waals surface area contributed by atoms with Crippen molar-refractivity contribution >= 4 is 11.8 Å². The molecule has 0 aliphatic carbocycles. The summed E-state index contributed by atoms with van der Waals surface area (Å²) in [5, 5.41) is 31.1. The summed E-state index contributed by atoms with van der Waals surface area (Å²) < 4.78 is 12.2. The van der Waals surface area contributed by atoms with E-state index < -0.39 is 5.91 Å². The number of primary amides is 1. The number of nitrogens with zero attached hydrogens (tertiary/aromatic N) is 2. The summed E-state index contributed by atoms with van der Waals surface area (Å²) in [5.41, 5.74) is 5.90. The van der Waals surface area contributed by atoms with Crippen LogP contribution in [-0.4, -0.2) is 77.0 Å². The Morgan fingerprint density at radius 1 is 1.08 bits per heavy atom. The molecule has 2 aliphatic heterocycles. The summed E-state index contributed by atoms with van der Waals surface area (Å²) in [4.78, 5) is 24.3. The number of amides is 2. The second kappa shape index (κ2) is 11.0. The van der Waals surface area contributed by atoms with Crippen molar-refractivity contribution in [3.63, 3.8) is 0 Å². The largest absolute Gasteiger partial charge is 0.508 e. The van der Waals surface area contributed by atoms with Crippen molar-refractivity contribution in [1.82, 2.24) is 15.8 Å². The molecule has 2 aliphatic rings. The Bertz CT molecular complexity index is 1340. The number of rotatable bonds is 7. The summed E-state index contributed by atoms with van der Waals surface area (Å²) in [6.45, 7) is 4.16. The van der Waals surface area contributed by atoms with Gasteiger partial charge in [0.2, 0.25) is 11.7 Å². The van der Waals surface area contributed by atoms with Crippen molar-refractivity contribution in [2.45, 2.75) is 37.8 Å². The molecule has 0 unspecified atom stereocenters. The summed E-state index contributed by atoms with van der Waals surface area (Å²) in [7, 11) is 2.33. The lowest BCUT2D eigenvalue weighted by molar-refractivity contribution is -0.938. The number of hydrogen-bond acceptors (Lipinski definition) is 8. The number of hydrogen-bond donors (Lipinski definition) is 5. The summed E-state index contributed by atoms with van der Waals surface area (Å²) in [6.07, 6.45) is 4.14. The number of ether oxygens (including phenoxy) is 1. The Labute approximate surface area is 226 Å². The minimum absolute atomic E-state index is 0.00964. The van der Waals surface area contributed by atoms with Crippen molar-refractivity contribution in [2.75, 3.05) is 33.2 Å². The van der Waals surface area contributed by atoms with Gasteiger partial charge in [0.1, 0.15) is 28.7 Å². The maximum atomic E-state index is 13.0. The molecular weight excluding hydrogens is 502 g/mol. The number of aromatic hydroxyl groups is 2. The highest BCUT2D eigenvalue weighted by atomic mass is 16.5. The van der Waals surface area contributed by atoms with Crippen LogP contribution < -0.4 is 21.1 Å². The third-order valence-electron chi connectivity index (χ3n) is 7.93. The number of aromatic nitrogens is 1. The van der Waals surface area contributed by atoms with Crippen LogP contribution in [0.3, 0.4) is 0 Å². The van der Waals surface area contributed by atoms with E-state index in [2.05, 4.69) is 22.8 Å². The van der Waals surface area contributed by atoms with E-state index in [1.54, 1.807) is 0 Å². The van der Waals surface area contributed by atoms with Gasteiger partial charge in [0.05, 0.1) is 31.7 Å². The maximum absolute atomic E-state index is 13.0. The smallest absolute Gasteiger partial charge is 0.290 e. The first kappa shape index (κ1) is 26.5. The number of phenols is 2. The summed E-state index contributed by atoms with van der Waals surface area (Å²) in [6, 6.07) is 10.7. The molecule has 11 nitrogen and oxygen atoms in total. The van der Waals surface area contributed by atoms with Crippen molar-refractivity contribution in [3.05, 3.63) is 53.8 Å². The Balaban J connectivity index is 1.27. The van der Waals surface area contributed by atoms with Crippen LogP contribution in [0.1, 0.15) is 46.6 Å². The normalized spacial score (nSPS) is 21.8. The maximum Gasteiger partial charge on any atom is 0.290 e. The average Bonchev–Trinajstić information content (AvgIpc) is 3.40. The molecule has 1 aromatic heterocycles. The van der Waals surface area contributed by atoms with Gasteiger partial charge in [-0.3, -0.25) is 9.59 Å². The molecule has 0 spiro atoms. The second-order valence-electron chi connectivity index (χ2n) is 10.6. The first-order chi connectivity index (χ1) is 18.7. The zero-order valence-electron chi connectivity index (χ0n) is 21.9. The number of piperidine rings is 2. The molecule has 2 aromatic carbocycles. The first-order valence-electron chi connectivity index (χ1n) is 13.2. The van der Waals surface area contributed by atoms with Crippen LogP contribution in [-0.2, 0) is 0 Å². The quantitative estimate of drug-likeness (QED) is 0.288. The first-order valence-corrected chi connectivity index (χ1v) is 13.2. The molecule has 6 N–H and O–H groups in total. The van der Waals surface area contributed by atoms with Gasteiger partial charge in [-0.2, -0.15) is 0 Å². The number of nitrogens with two attached hydrogens (primary N) is 1. The van der Waals surface area contributed by atoms with E-state index in [-0.39, 0.29) is 46.2 Å². The van der Waals surface area contributed by atoms with Gasteiger partial charge in [-0.1, -0.05) is 5.16 Å². The van der Waals surface area contributed by atoms with Crippen LogP contribution in [0.25, 0.3) is 11.3 Å². The fourth-order valence-corrected chi connectivity index (χ4v) is 5.59. The zero-order chi connectivity index (χ0) is 27.6. The number of quaternary nitrogens is 1. The SMILES string of the molecule is C[N+]1(C2CCNCC2)CCC(NC(=O)c2cc(-c3c(O)cc(O)cc3Oc3ccc(C(N)=O)cc3)no2)CC1. The van der Waals surface area contributed by atoms with Gasteiger partial charge < -0.3 is 40.3 Å². The molecule has 39 heavy (non-hydrogen) atoms. The predicted molar refractivity (Wildman–Crippen MR) is 143 cm³/mol. The van der Waals surface area contributed by atoms with Gasteiger partial charge in [0.25, 0.3) is 5.91 Å². The fourth-order valence-electron chi connectivity index (χ4n) is 5.59. The molecule has 3 aromatic rings. The Morgan fingerprint density at radius 3 is 2.44 bits per heavy atom. The Hall–Kier alpha value is -4.09. The highest BCUT2D eigenvalue weighted by Gasteiger charge is 2.38. The van der Waals surface area contributed by atoms with E-state index in [0.717, 1.165) is 49.6 Å². The van der Waals surface area contributed by atoms with Crippen LogP contribution in [0.4, 0.5) is 0 Å². The van der Waals surface area contributed by atoms with Crippen LogP contribution in [0.2, 0.25) is 0 Å². The van der Waals surface area contributed by atoms with Gasteiger partial charge in [-0.25, -0.2) is 0 Å². The van der Waals surface area contributed by atoms with Crippen molar-refractivity contribution < 1.29 is 33.5 Å². The van der Waals surface area contributed by atoms with Gasteiger partial charge in [0.15, 0.2) is 0 Å². The molecule has 2 amide bonds. The van der Waals surface area contributed by atoms with Gasteiger partial charge in [0, 0.05) is 68.6 Å². The lowest BCUT2D eigenvalue weighted by atomic mass is 9.95. The molecule has 0 radical (unpaired) electrons. The predicted octanol–water partition coefficient (Wildman–Crippen LogP) is 2.73. The van der Waals surface area contributed by atoms with E-state index in [9.17, 15) is 19.8 Å². The van der Waals surface area contributed by atoms with E-state index >= 15 is 0 Å². The van der Waals surface area contributed by atoms with Crippen LogP contribution in [0.15, 0.2) is 47.0 Å². The number of carbonyl (C=O) groups excluding carboxylic acids is 2. The molecule has 2 fully saturated rings. The van der Waals surface area contributed by atoms with Crippen LogP contribution >= 0.6 is 0 Å². The third-order valence-corrected chi connectivity index (χ3v) is 7.93. The molecule has 5 rings (SSSR count). The monoisotopic (exact) mass is 536 g/mol. The average molecular weight is 537 g/mol. The molecule has 3 heterocycles. The van der Waals surface area contributed by atoms with Crippen LogP contribution in [0, 0.1) is 0 Å². The zero-order valence-corrected chi connectivity index (χ0v) is 21.9. The van der Waals surface area contributed by atoms with Crippen LogP contribution in [0.5, 0.6) is 23.0 Å². The highest BCUT2D eigenvalue weighted by Crippen LogP contribution is 2.42. The molecule has 2 saturated heterocycles. The lowest BCUT2D eigenvalue weighted by Gasteiger charge is -2.47. The van der Waals surface area contributed by atoms with Gasteiger partial charge in [-0.05, 0) is 24.3 Å². The standard InChI is InChI=1S/C28H33N5O6/c1-33(19-6-10-30-11-7-19)12-8-18(9-13-33)31-28(37)25-16-22(32-39-25)26-23(35)14-20(34)15-24(26)38-21-4-2-17(3-5-21)27(29)36/h2-5,14-16,18-19,30H,6-13H2,1H3,(H4-,29,31,32,34,35,36,37)/p+1. The van der Waals surface area contributed by atoms with E-state index in [0.29, 0.717) is 17.4 Å². The van der Waals surface area contributed by atoms with E-state index in [4.69, 9.17) is 15.0 Å². The van der Waals surface area contributed by atoms with Gasteiger partial charge in [-0.15, -0.1) is 0 Å². The minimum Gasteiger partial charge on any atom is -0.508 e. The molecule has 0 atom stereocenters. The van der Waals surface area contributed by atoms with Crippen molar-refractivity contribution in [3.8, 4) is 34.3 Å². The second-order valence-corrected chi connectivity index (χ2v) is 10.6. The number of benzene rings is 2. The number of nitrogens with one attached hydrogen (secondary N) is 2. The summed E-state index contributed by atoms with van der Waals surface area (Å²) >= 11 is 0. The lowest BCUT2D eigenvalue weighted by Crippen LogP contribution is -2.61. The number of carbonyl (C=O) groups is 2. The van der Waals surface area contributed by atoms with Crippen molar-refractivity contribution in [2.24, 2.45) is 5.73 Å². The van der Waals surface area contributed by atoms with Crippen molar-refractivity contribution in [1.29, 1.82) is 0 Å². The molecule has 0 bridgehead atoms. The molecular formula is C28H34N5O6+. The Morgan fingerprint density at radius 2 is 1.77 bits per heavy atom. The number of phenolic OH excluding ortho intramolecular Hbond substituents is 2. The number of likely N-dealkylation sites (tertiary alicyclic amines) is 1. The van der Waals surface area contributed by atoms with E-state index in [1.807, 2.05) is 0 Å². The van der Waals surface area contributed by atoms with E-state index in [1.165, 1.54) is 49.2 Å². The van der Waals surface area contributed by atoms with Gasteiger partial charge >= 0.3 is 0 Å². The Kier molecular flexibility index (Phi) is 7.45. The minimum atomic E-state index is -0.575. The molecule has 206 valence electrons. The topological polar surface area (TPSA) is 160 Å². The fraction of sp³-hybridized carbons (Fsp3) is 0.393. The molecule has 11 heteroatoms. The third kappa shape index (κ3) is 5.84.